The van der Waals surface area contributed by atoms with E-state index in [0.29, 0.717) is 50.5 Å². The Hall–Kier alpha value is -3.34. The summed E-state index contributed by atoms with van der Waals surface area (Å²) in [6.45, 7) is 1.51. The molecular weight excluding hydrogens is 463 g/mol. The zero-order valence-corrected chi connectivity index (χ0v) is 19.2. The number of pyridine rings is 1. The molecule has 4 heterocycles. The molecule has 0 saturated carbocycles. The van der Waals surface area contributed by atoms with Gasteiger partial charge in [0.2, 0.25) is 0 Å². The second-order valence-electron chi connectivity index (χ2n) is 8.69. The third-order valence-corrected chi connectivity index (χ3v) is 6.10. The van der Waals surface area contributed by atoms with Crippen LogP contribution in [0.1, 0.15) is 25.0 Å². The van der Waals surface area contributed by atoms with E-state index in [-0.39, 0.29) is 23.6 Å². The second-order valence-corrected chi connectivity index (χ2v) is 8.69. The first-order chi connectivity index (χ1) is 16.9. The maximum Gasteiger partial charge on any atom is 0.387 e. The van der Waals surface area contributed by atoms with Crippen molar-refractivity contribution in [3.8, 4) is 11.5 Å². The number of rotatable bonds is 7. The molecule has 2 fully saturated rings. The minimum atomic E-state index is -3.01. The Morgan fingerprint density at radius 1 is 1.11 bits per heavy atom. The van der Waals surface area contributed by atoms with Crippen molar-refractivity contribution < 1.29 is 27.4 Å². The Balaban J connectivity index is 1.29. The summed E-state index contributed by atoms with van der Waals surface area (Å²) in [6, 6.07) is 5.57. The van der Waals surface area contributed by atoms with Crippen LogP contribution < -0.4 is 19.7 Å². The van der Waals surface area contributed by atoms with E-state index in [0.717, 1.165) is 29.5 Å². The third-order valence-electron chi connectivity index (χ3n) is 6.10. The van der Waals surface area contributed by atoms with Gasteiger partial charge in [-0.1, -0.05) is 0 Å². The number of hydrogen-bond donors (Lipinski definition) is 1. The predicted octanol–water partition coefficient (Wildman–Crippen LogP) is 4.32. The first-order valence-corrected chi connectivity index (χ1v) is 11.6. The van der Waals surface area contributed by atoms with Crippen LogP contribution in [0.15, 0.2) is 30.5 Å². The van der Waals surface area contributed by atoms with Gasteiger partial charge in [-0.25, -0.2) is 14.4 Å². The van der Waals surface area contributed by atoms with E-state index in [1.165, 1.54) is 12.1 Å². The molecule has 2 aliphatic rings. The number of halogens is 3. The fraction of sp³-hybridized carbons (Fsp3) is 0.458. The summed E-state index contributed by atoms with van der Waals surface area (Å²) in [6.07, 6.45) is 3.67. The number of piperidine rings is 1. The van der Waals surface area contributed by atoms with Crippen molar-refractivity contribution in [3.63, 3.8) is 0 Å². The first-order valence-electron chi connectivity index (χ1n) is 11.6. The van der Waals surface area contributed by atoms with E-state index >= 15 is 0 Å². The molecule has 186 valence electrons. The molecular formula is C24H26F3N5O3. The van der Waals surface area contributed by atoms with Crippen LogP contribution in [0, 0.1) is 12.7 Å². The predicted molar refractivity (Wildman–Crippen MR) is 124 cm³/mol. The second kappa shape index (κ2) is 10.1. The van der Waals surface area contributed by atoms with Gasteiger partial charge in [0, 0.05) is 44.3 Å². The number of benzene rings is 1. The van der Waals surface area contributed by atoms with Crippen LogP contribution in [0.5, 0.6) is 11.5 Å². The molecule has 0 amide bonds. The lowest BCUT2D eigenvalue weighted by molar-refractivity contribution is -0.0500. The van der Waals surface area contributed by atoms with Crippen molar-refractivity contribution >= 4 is 22.7 Å². The lowest BCUT2D eigenvalue weighted by Gasteiger charge is -2.34. The van der Waals surface area contributed by atoms with Gasteiger partial charge in [-0.15, -0.1) is 0 Å². The Bertz CT molecular complexity index is 1180. The number of aryl methyl sites for hydroxylation is 1. The number of nitrogens with zero attached hydrogens (tertiary/aromatic N) is 4. The molecule has 1 aromatic carbocycles. The molecule has 11 heteroatoms. The molecule has 5 rings (SSSR count). The lowest BCUT2D eigenvalue weighted by atomic mass is 10.1. The minimum absolute atomic E-state index is 0.0144. The van der Waals surface area contributed by atoms with Gasteiger partial charge in [0.05, 0.1) is 24.4 Å². The molecule has 0 unspecified atom stereocenters. The fourth-order valence-corrected chi connectivity index (χ4v) is 4.33. The minimum Gasteiger partial charge on any atom is -0.487 e. The summed E-state index contributed by atoms with van der Waals surface area (Å²) in [4.78, 5) is 16.2. The van der Waals surface area contributed by atoms with E-state index in [2.05, 4.69) is 19.9 Å². The van der Waals surface area contributed by atoms with Crippen LogP contribution in [0.25, 0.3) is 11.0 Å². The monoisotopic (exact) mass is 489 g/mol. The topological polar surface area (TPSA) is 81.6 Å². The van der Waals surface area contributed by atoms with Gasteiger partial charge in [-0.3, -0.25) is 4.98 Å². The Labute approximate surface area is 200 Å². The van der Waals surface area contributed by atoms with Crippen LogP contribution in [0.4, 0.5) is 24.8 Å². The molecule has 1 atom stereocenters. The molecule has 8 nitrogen and oxygen atoms in total. The standard InChI is InChI=1S/C24H26F3N5O3/c1-14-10-19-20(12-28-14)31-23(22(30-19)29-15-6-9-33-13-15)32-7-4-16(5-8-32)34-21-3-2-17(11-18(21)25)35-24(26)27/h2-3,10-12,15-16,24H,4-9,13H2,1H3,(H,29,30)/t15-/m1/s1. The van der Waals surface area contributed by atoms with E-state index in [9.17, 15) is 13.2 Å². The van der Waals surface area contributed by atoms with Crippen LogP contribution in [-0.2, 0) is 4.74 Å². The summed E-state index contributed by atoms with van der Waals surface area (Å²) in [5, 5.41) is 3.49. The number of anilines is 2. The normalized spacial score (nSPS) is 18.9. The molecule has 0 radical (unpaired) electrons. The van der Waals surface area contributed by atoms with Crippen molar-refractivity contribution in [1.29, 1.82) is 0 Å². The Kier molecular flexibility index (Phi) is 6.76. The van der Waals surface area contributed by atoms with Gasteiger partial charge in [-0.2, -0.15) is 8.78 Å². The molecule has 2 aliphatic heterocycles. The largest absolute Gasteiger partial charge is 0.487 e. The van der Waals surface area contributed by atoms with Crippen LogP contribution >= 0.6 is 0 Å². The molecule has 0 bridgehead atoms. The maximum atomic E-state index is 14.3. The summed E-state index contributed by atoms with van der Waals surface area (Å²) in [5.74, 6) is 0.485. The average Bonchev–Trinajstić information content (AvgIpc) is 3.34. The highest BCUT2D eigenvalue weighted by molar-refractivity contribution is 5.80. The molecule has 2 aromatic heterocycles. The summed E-state index contributed by atoms with van der Waals surface area (Å²) < 4.78 is 54.6. The van der Waals surface area contributed by atoms with Gasteiger partial charge in [0.15, 0.2) is 23.2 Å². The van der Waals surface area contributed by atoms with Crippen LogP contribution in [0.2, 0.25) is 0 Å². The molecule has 0 spiro atoms. The van der Waals surface area contributed by atoms with Gasteiger partial charge >= 0.3 is 6.61 Å². The summed E-state index contributed by atoms with van der Waals surface area (Å²) >= 11 is 0. The van der Waals surface area contributed by atoms with Gasteiger partial charge < -0.3 is 24.4 Å². The number of aromatic nitrogens is 3. The zero-order valence-electron chi connectivity index (χ0n) is 19.2. The average molecular weight is 489 g/mol. The molecule has 1 N–H and O–H groups in total. The maximum absolute atomic E-state index is 14.3. The molecule has 2 saturated heterocycles. The highest BCUT2D eigenvalue weighted by Gasteiger charge is 2.27. The number of alkyl halides is 2. The number of nitrogens with one attached hydrogen (secondary N) is 1. The van der Waals surface area contributed by atoms with Gasteiger partial charge in [0.25, 0.3) is 0 Å². The van der Waals surface area contributed by atoms with E-state index in [1.54, 1.807) is 6.20 Å². The van der Waals surface area contributed by atoms with Gasteiger partial charge in [-0.05, 0) is 31.5 Å². The van der Waals surface area contributed by atoms with Crippen molar-refractivity contribution in [3.05, 3.63) is 42.0 Å². The first kappa shape index (κ1) is 23.4. The van der Waals surface area contributed by atoms with E-state index < -0.39 is 12.4 Å². The molecule has 35 heavy (non-hydrogen) atoms. The third kappa shape index (κ3) is 5.50. The SMILES string of the molecule is Cc1cc2nc(N[C@@H]3CCOC3)c(N3CCC(Oc4ccc(OC(F)F)cc4F)CC3)nc2cn1. The highest BCUT2D eigenvalue weighted by atomic mass is 19.3. The highest BCUT2D eigenvalue weighted by Crippen LogP contribution is 2.31. The summed E-state index contributed by atoms with van der Waals surface area (Å²) in [7, 11) is 0. The van der Waals surface area contributed by atoms with Crippen molar-refractivity contribution in [1.82, 2.24) is 15.0 Å². The number of hydrogen-bond acceptors (Lipinski definition) is 8. The zero-order chi connectivity index (χ0) is 24.4. The van der Waals surface area contributed by atoms with Crippen LogP contribution in [0.3, 0.4) is 0 Å². The van der Waals surface area contributed by atoms with Crippen molar-refractivity contribution in [2.45, 2.75) is 44.9 Å². The van der Waals surface area contributed by atoms with E-state index in [4.69, 9.17) is 19.4 Å². The molecule has 0 aliphatic carbocycles. The lowest BCUT2D eigenvalue weighted by Crippen LogP contribution is -2.39. The number of fused-ring (bicyclic) bond motifs is 1. The summed E-state index contributed by atoms with van der Waals surface area (Å²) in [5.41, 5.74) is 2.36. The smallest absolute Gasteiger partial charge is 0.387 e. The van der Waals surface area contributed by atoms with Crippen molar-refractivity contribution in [2.75, 3.05) is 36.5 Å². The Morgan fingerprint density at radius 3 is 2.66 bits per heavy atom. The van der Waals surface area contributed by atoms with Crippen LogP contribution in [-0.4, -0.2) is 60.0 Å². The number of ether oxygens (including phenoxy) is 3. The molecule has 3 aromatic rings. The quantitative estimate of drug-likeness (QED) is 0.526. The fourth-order valence-electron chi connectivity index (χ4n) is 4.33. The van der Waals surface area contributed by atoms with Gasteiger partial charge in [0.1, 0.15) is 17.4 Å². The van der Waals surface area contributed by atoms with Crippen molar-refractivity contribution in [2.24, 2.45) is 0 Å². The Morgan fingerprint density at radius 2 is 1.94 bits per heavy atom. The van der Waals surface area contributed by atoms with E-state index in [1.807, 2.05) is 13.0 Å².